The second kappa shape index (κ2) is 3.85. The first-order valence-electron chi connectivity index (χ1n) is 3.07. The molecule has 0 N–H and O–H groups in total. The van der Waals surface area contributed by atoms with Crippen molar-refractivity contribution in [2.24, 2.45) is 0 Å². The monoisotopic (exact) mass is 162 g/mol. The van der Waals surface area contributed by atoms with Crippen molar-refractivity contribution in [2.45, 2.75) is 4.90 Å². The maximum Gasteiger partial charge on any atom is 0.193 e. The highest BCUT2D eigenvalue weighted by Crippen LogP contribution is 2.06. The molecule has 1 aromatic rings. The summed E-state index contributed by atoms with van der Waals surface area (Å²) < 4.78 is 0. The molecule has 0 spiro atoms. The van der Waals surface area contributed by atoms with E-state index in [0.29, 0.717) is 6.29 Å². The Morgan fingerprint density at radius 1 is 1.45 bits per heavy atom. The molecule has 0 saturated carbocycles. The van der Waals surface area contributed by atoms with E-state index in [1.807, 2.05) is 18.2 Å². The lowest BCUT2D eigenvalue weighted by Crippen LogP contribution is -1.73. The normalized spacial score (nSPS) is 8.09. The van der Waals surface area contributed by atoms with Crippen LogP contribution in [-0.2, 0) is 4.79 Å². The fraction of sp³-hybridized carbons (Fsp3) is 0. The van der Waals surface area contributed by atoms with Gasteiger partial charge in [-0.3, -0.25) is 4.79 Å². The van der Waals surface area contributed by atoms with Crippen molar-refractivity contribution in [3.05, 3.63) is 29.8 Å². The van der Waals surface area contributed by atoms with E-state index in [0.717, 1.165) is 10.5 Å². The van der Waals surface area contributed by atoms with Crippen molar-refractivity contribution in [3.63, 3.8) is 0 Å². The van der Waals surface area contributed by atoms with Gasteiger partial charge >= 0.3 is 0 Å². The molecule has 0 aliphatic carbocycles. The summed E-state index contributed by atoms with van der Waals surface area (Å²) in [5, 5.41) is 0. The van der Waals surface area contributed by atoms with E-state index in [4.69, 9.17) is 0 Å². The molecular formula is C9H6OS. The lowest BCUT2D eigenvalue weighted by Gasteiger charge is -1.89. The SMILES string of the molecule is O=CC#Cc1cccc(S)c1. The molecule has 0 aliphatic rings. The van der Waals surface area contributed by atoms with Crippen molar-refractivity contribution in [1.82, 2.24) is 0 Å². The second-order valence-electron chi connectivity index (χ2n) is 1.94. The topological polar surface area (TPSA) is 17.1 Å². The van der Waals surface area contributed by atoms with Crippen LogP contribution in [0.4, 0.5) is 0 Å². The van der Waals surface area contributed by atoms with Crippen LogP contribution in [0.1, 0.15) is 5.56 Å². The third-order valence-electron chi connectivity index (χ3n) is 1.12. The van der Waals surface area contributed by atoms with E-state index >= 15 is 0 Å². The zero-order valence-corrected chi connectivity index (χ0v) is 6.64. The molecule has 0 bridgehead atoms. The molecule has 1 rings (SSSR count). The smallest absolute Gasteiger partial charge is 0.193 e. The summed E-state index contributed by atoms with van der Waals surface area (Å²) in [4.78, 5) is 10.7. The van der Waals surface area contributed by atoms with Crippen LogP contribution in [0.25, 0.3) is 0 Å². The van der Waals surface area contributed by atoms with Crippen molar-refractivity contribution in [3.8, 4) is 11.8 Å². The van der Waals surface area contributed by atoms with Gasteiger partial charge in [-0.2, -0.15) is 0 Å². The van der Waals surface area contributed by atoms with Gasteiger partial charge in [-0.15, -0.1) is 12.6 Å². The summed E-state index contributed by atoms with van der Waals surface area (Å²) in [7, 11) is 0. The molecule has 0 fully saturated rings. The van der Waals surface area contributed by atoms with E-state index in [2.05, 4.69) is 24.5 Å². The average molecular weight is 162 g/mol. The van der Waals surface area contributed by atoms with E-state index in [1.54, 1.807) is 6.07 Å². The Labute approximate surface area is 70.8 Å². The summed E-state index contributed by atoms with van der Waals surface area (Å²) >= 11 is 4.12. The molecular weight excluding hydrogens is 156 g/mol. The van der Waals surface area contributed by atoms with Gasteiger partial charge in [0.2, 0.25) is 0 Å². The first kappa shape index (κ1) is 7.90. The van der Waals surface area contributed by atoms with Crippen molar-refractivity contribution >= 4 is 18.9 Å². The van der Waals surface area contributed by atoms with Gasteiger partial charge in [0.05, 0.1) is 0 Å². The first-order chi connectivity index (χ1) is 5.33. The Kier molecular flexibility index (Phi) is 2.76. The minimum Gasteiger partial charge on any atom is -0.289 e. The Bertz CT molecular complexity index is 320. The predicted octanol–water partition coefficient (Wildman–Crippen LogP) is 1.53. The fourth-order valence-corrected chi connectivity index (χ4v) is 0.922. The number of benzene rings is 1. The van der Waals surface area contributed by atoms with Crippen molar-refractivity contribution < 1.29 is 4.79 Å². The molecule has 0 amide bonds. The zero-order valence-electron chi connectivity index (χ0n) is 5.74. The molecule has 11 heavy (non-hydrogen) atoms. The third kappa shape index (κ3) is 2.48. The quantitative estimate of drug-likeness (QED) is 0.348. The molecule has 0 unspecified atom stereocenters. The minimum absolute atomic E-state index is 0.575. The minimum atomic E-state index is 0.575. The number of carbonyl (C=O) groups excluding carboxylic acids is 1. The summed E-state index contributed by atoms with van der Waals surface area (Å²) in [6.45, 7) is 0. The maximum atomic E-state index is 9.87. The molecule has 54 valence electrons. The van der Waals surface area contributed by atoms with Gasteiger partial charge in [0.15, 0.2) is 6.29 Å². The van der Waals surface area contributed by atoms with Crippen molar-refractivity contribution in [1.29, 1.82) is 0 Å². The van der Waals surface area contributed by atoms with Gasteiger partial charge in [0, 0.05) is 10.5 Å². The van der Waals surface area contributed by atoms with Crippen LogP contribution in [0.15, 0.2) is 29.2 Å². The van der Waals surface area contributed by atoms with Crippen LogP contribution >= 0.6 is 12.6 Å². The van der Waals surface area contributed by atoms with Crippen molar-refractivity contribution in [2.75, 3.05) is 0 Å². The highest BCUT2D eigenvalue weighted by molar-refractivity contribution is 7.80. The number of aldehydes is 1. The van der Waals surface area contributed by atoms with E-state index < -0.39 is 0 Å². The van der Waals surface area contributed by atoms with Crippen LogP contribution in [0.5, 0.6) is 0 Å². The molecule has 1 nitrogen and oxygen atoms in total. The standard InChI is InChI=1S/C9H6OS/c10-6-2-4-8-3-1-5-9(11)7-8/h1,3,5-7,11H. The second-order valence-corrected chi connectivity index (χ2v) is 2.45. The highest BCUT2D eigenvalue weighted by Gasteiger charge is 1.85. The van der Waals surface area contributed by atoms with Gasteiger partial charge in [-0.1, -0.05) is 12.0 Å². The Hall–Kier alpha value is -1.20. The van der Waals surface area contributed by atoms with Gasteiger partial charge in [0.25, 0.3) is 0 Å². The van der Waals surface area contributed by atoms with Crippen LogP contribution in [0.3, 0.4) is 0 Å². The Morgan fingerprint density at radius 3 is 2.91 bits per heavy atom. The zero-order chi connectivity index (χ0) is 8.10. The molecule has 1 aromatic carbocycles. The third-order valence-corrected chi connectivity index (χ3v) is 1.40. The Morgan fingerprint density at radius 2 is 2.27 bits per heavy atom. The first-order valence-corrected chi connectivity index (χ1v) is 3.52. The summed E-state index contributed by atoms with van der Waals surface area (Å²) in [6.07, 6.45) is 0.575. The lowest BCUT2D eigenvalue weighted by atomic mass is 10.2. The fourth-order valence-electron chi connectivity index (χ4n) is 0.696. The summed E-state index contributed by atoms with van der Waals surface area (Å²) in [5.74, 6) is 5.00. The van der Waals surface area contributed by atoms with Crippen LogP contribution in [0, 0.1) is 11.8 Å². The molecule has 0 radical (unpaired) electrons. The van der Waals surface area contributed by atoms with Gasteiger partial charge in [-0.05, 0) is 24.1 Å². The molecule has 0 aromatic heterocycles. The molecule has 0 heterocycles. The van der Waals surface area contributed by atoms with E-state index in [-0.39, 0.29) is 0 Å². The number of hydrogen-bond donors (Lipinski definition) is 1. The van der Waals surface area contributed by atoms with Crippen LogP contribution in [-0.4, -0.2) is 6.29 Å². The highest BCUT2D eigenvalue weighted by atomic mass is 32.1. The lowest BCUT2D eigenvalue weighted by molar-refractivity contribution is -0.103. The number of hydrogen-bond acceptors (Lipinski definition) is 2. The largest absolute Gasteiger partial charge is 0.289 e. The van der Waals surface area contributed by atoms with Crippen LogP contribution in [0.2, 0.25) is 0 Å². The van der Waals surface area contributed by atoms with Gasteiger partial charge in [-0.25, -0.2) is 0 Å². The molecule has 0 aliphatic heterocycles. The predicted molar refractivity (Wildman–Crippen MR) is 46.6 cm³/mol. The van der Waals surface area contributed by atoms with Gasteiger partial charge in [0.1, 0.15) is 0 Å². The summed E-state index contributed by atoms with van der Waals surface area (Å²) in [5.41, 5.74) is 0.810. The molecule has 2 heteroatoms. The molecule has 0 saturated heterocycles. The van der Waals surface area contributed by atoms with E-state index in [1.165, 1.54) is 0 Å². The van der Waals surface area contributed by atoms with Crippen LogP contribution < -0.4 is 0 Å². The Balaban J connectivity index is 2.96. The number of carbonyl (C=O) groups is 1. The maximum absolute atomic E-state index is 9.87. The van der Waals surface area contributed by atoms with Gasteiger partial charge < -0.3 is 0 Å². The number of thiol groups is 1. The number of rotatable bonds is 0. The molecule has 0 atom stereocenters. The summed E-state index contributed by atoms with van der Waals surface area (Å²) in [6, 6.07) is 7.34. The average Bonchev–Trinajstić information content (AvgIpc) is 2.01. The van der Waals surface area contributed by atoms with E-state index in [9.17, 15) is 4.79 Å².